The summed E-state index contributed by atoms with van der Waals surface area (Å²) in [6, 6.07) is 18.1. The first-order chi connectivity index (χ1) is 7.77. The minimum Gasteiger partial charge on any atom is -0.429 e. The molecular formula is C12H11BClO2. The van der Waals surface area contributed by atoms with Gasteiger partial charge in [0.1, 0.15) is 0 Å². The lowest BCUT2D eigenvalue weighted by Crippen LogP contribution is -1.75. The maximum Gasteiger partial charge on any atom is 0.482 e. The van der Waals surface area contributed by atoms with Gasteiger partial charge in [-0.3, -0.25) is 0 Å². The first-order valence-electron chi connectivity index (χ1n) is 4.69. The fourth-order valence-electron chi connectivity index (χ4n) is 1.27. The second kappa shape index (κ2) is 7.07. The van der Waals surface area contributed by atoms with Crippen molar-refractivity contribution in [3.8, 4) is 11.1 Å². The number of halogens is 1. The van der Waals surface area contributed by atoms with Crippen molar-refractivity contribution in [2.45, 2.75) is 0 Å². The highest BCUT2D eigenvalue weighted by Crippen LogP contribution is 2.20. The standard InChI is InChI=1S/C12H9Cl.BH2O2/c13-12-8-6-11(7-9-12)10-4-2-1-3-5-10;2-1-3/h1-9H;2-3H. The number of hydrogen-bond donors (Lipinski definition) is 2. The van der Waals surface area contributed by atoms with Gasteiger partial charge in [-0.25, -0.2) is 0 Å². The van der Waals surface area contributed by atoms with Crippen LogP contribution in [0.5, 0.6) is 0 Å². The molecule has 2 nitrogen and oxygen atoms in total. The molecule has 0 aromatic heterocycles. The Labute approximate surface area is 100 Å². The predicted molar refractivity (Wildman–Crippen MR) is 67.1 cm³/mol. The topological polar surface area (TPSA) is 40.5 Å². The minimum absolute atomic E-state index is 0. The molecule has 0 saturated heterocycles. The summed E-state index contributed by atoms with van der Waals surface area (Å²) in [6.07, 6.45) is 0. The van der Waals surface area contributed by atoms with Crippen molar-refractivity contribution in [1.29, 1.82) is 0 Å². The zero-order valence-electron chi connectivity index (χ0n) is 8.55. The molecule has 0 spiro atoms. The molecule has 0 fully saturated rings. The average molecular weight is 233 g/mol. The SMILES string of the molecule is Clc1ccc(-c2ccccc2)cc1.O[B]O. The molecule has 81 valence electrons. The molecule has 0 atom stereocenters. The molecule has 0 aliphatic carbocycles. The Bertz CT molecular complexity index is 403. The predicted octanol–water partition coefficient (Wildman–Crippen LogP) is 2.51. The molecule has 1 radical (unpaired) electrons. The van der Waals surface area contributed by atoms with Gasteiger partial charge in [0.05, 0.1) is 0 Å². The summed E-state index contributed by atoms with van der Waals surface area (Å²) in [5.74, 6) is 0. The second-order valence-electron chi connectivity index (χ2n) is 2.99. The molecular weight excluding hydrogens is 222 g/mol. The number of benzene rings is 2. The van der Waals surface area contributed by atoms with Gasteiger partial charge >= 0.3 is 7.69 Å². The Balaban J connectivity index is 0.000000386. The van der Waals surface area contributed by atoms with Crippen molar-refractivity contribution < 1.29 is 10.0 Å². The van der Waals surface area contributed by atoms with Crippen LogP contribution in [-0.2, 0) is 0 Å². The summed E-state index contributed by atoms with van der Waals surface area (Å²) in [5, 5.41) is 14.8. The van der Waals surface area contributed by atoms with E-state index in [4.69, 9.17) is 21.6 Å². The zero-order valence-corrected chi connectivity index (χ0v) is 9.30. The third-order valence-electron chi connectivity index (χ3n) is 1.95. The number of hydrogen-bond acceptors (Lipinski definition) is 2. The van der Waals surface area contributed by atoms with Crippen molar-refractivity contribution >= 4 is 19.3 Å². The lowest BCUT2D eigenvalue weighted by Gasteiger charge is -2.00. The van der Waals surface area contributed by atoms with Crippen molar-refractivity contribution in [2.75, 3.05) is 0 Å². The van der Waals surface area contributed by atoms with Crippen LogP contribution in [0.2, 0.25) is 5.02 Å². The summed E-state index contributed by atoms with van der Waals surface area (Å²) in [5.41, 5.74) is 2.42. The second-order valence-corrected chi connectivity index (χ2v) is 3.42. The Morgan fingerprint density at radius 1 is 0.750 bits per heavy atom. The van der Waals surface area contributed by atoms with Gasteiger partial charge in [-0.15, -0.1) is 0 Å². The third-order valence-corrected chi connectivity index (χ3v) is 2.20. The first kappa shape index (κ1) is 12.8. The Morgan fingerprint density at radius 3 is 1.69 bits per heavy atom. The molecule has 0 unspecified atom stereocenters. The van der Waals surface area contributed by atoms with E-state index in [1.54, 1.807) is 0 Å². The molecule has 0 saturated carbocycles. The van der Waals surface area contributed by atoms with Crippen LogP contribution in [0.1, 0.15) is 0 Å². The van der Waals surface area contributed by atoms with E-state index in [-0.39, 0.29) is 7.69 Å². The van der Waals surface area contributed by atoms with Crippen LogP contribution >= 0.6 is 11.6 Å². The number of rotatable bonds is 1. The molecule has 2 aromatic rings. The van der Waals surface area contributed by atoms with Crippen LogP contribution in [0.4, 0.5) is 0 Å². The lowest BCUT2D eigenvalue weighted by atomic mass is 10.1. The largest absolute Gasteiger partial charge is 0.482 e. The summed E-state index contributed by atoms with van der Waals surface area (Å²) >= 11 is 5.80. The van der Waals surface area contributed by atoms with Gasteiger partial charge in [0.25, 0.3) is 0 Å². The highest BCUT2D eigenvalue weighted by Gasteiger charge is 1.94. The third kappa shape index (κ3) is 4.07. The highest BCUT2D eigenvalue weighted by molar-refractivity contribution is 6.30. The summed E-state index contributed by atoms with van der Waals surface area (Å²) in [6.45, 7) is 0. The molecule has 0 amide bonds. The molecule has 0 aliphatic rings. The van der Waals surface area contributed by atoms with Crippen LogP contribution in [0.3, 0.4) is 0 Å². The van der Waals surface area contributed by atoms with Gasteiger partial charge in [0.2, 0.25) is 0 Å². The van der Waals surface area contributed by atoms with Gasteiger partial charge in [0.15, 0.2) is 0 Å². The molecule has 2 N–H and O–H groups in total. The monoisotopic (exact) mass is 233 g/mol. The highest BCUT2D eigenvalue weighted by atomic mass is 35.5. The van der Waals surface area contributed by atoms with E-state index in [2.05, 4.69) is 12.1 Å². The molecule has 4 heteroatoms. The van der Waals surface area contributed by atoms with E-state index >= 15 is 0 Å². The van der Waals surface area contributed by atoms with Gasteiger partial charge in [-0.05, 0) is 23.3 Å². The van der Waals surface area contributed by atoms with E-state index in [0.29, 0.717) is 0 Å². The van der Waals surface area contributed by atoms with Crippen molar-refractivity contribution in [1.82, 2.24) is 0 Å². The van der Waals surface area contributed by atoms with E-state index in [0.717, 1.165) is 5.02 Å². The van der Waals surface area contributed by atoms with Crippen LogP contribution in [0.15, 0.2) is 54.6 Å². The van der Waals surface area contributed by atoms with Crippen molar-refractivity contribution in [3.63, 3.8) is 0 Å². The van der Waals surface area contributed by atoms with E-state index in [1.807, 2.05) is 42.5 Å². The molecule has 0 bridgehead atoms. The quantitative estimate of drug-likeness (QED) is 0.743. The summed E-state index contributed by atoms with van der Waals surface area (Å²) in [4.78, 5) is 0. The molecule has 0 heterocycles. The first-order valence-corrected chi connectivity index (χ1v) is 5.07. The van der Waals surface area contributed by atoms with Crippen molar-refractivity contribution in [2.24, 2.45) is 0 Å². The van der Waals surface area contributed by atoms with Crippen LogP contribution in [-0.4, -0.2) is 17.7 Å². The minimum atomic E-state index is 0. The maximum atomic E-state index is 7.00. The molecule has 2 rings (SSSR count). The van der Waals surface area contributed by atoms with E-state index in [1.165, 1.54) is 11.1 Å². The van der Waals surface area contributed by atoms with Crippen LogP contribution in [0, 0.1) is 0 Å². The van der Waals surface area contributed by atoms with E-state index in [9.17, 15) is 0 Å². The van der Waals surface area contributed by atoms with Gasteiger partial charge < -0.3 is 10.0 Å². The summed E-state index contributed by atoms with van der Waals surface area (Å²) < 4.78 is 0. The molecule has 0 aliphatic heterocycles. The van der Waals surface area contributed by atoms with Gasteiger partial charge in [0, 0.05) is 5.02 Å². The van der Waals surface area contributed by atoms with Gasteiger partial charge in [-0.2, -0.15) is 0 Å². The van der Waals surface area contributed by atoms with Gasteiger partial charge in [-0.1, -0.05) is 54.1 Å². The zero-order chi connectivity index (χ0) is 11.8. The van der Waals surface area contributed by atoms with Crippen LogP contribution < -0.4 is 0 Å². The fourth-order valence-corrected chi connectivity index (χ4v) is 1.40. The Hall–Kier alpha value is -1.29. The average Bonchev–Trinajstić information content (AvgIpc) is 2.32. The fraction of sp³-hybridized carbons (Fsp3) is 0. The Kier molecular flexibility index (Phi) is 5.64. The Morgan fingerprint density at radius 2 is 1.19 bits per heavy atom. The van der Waals surface area contributed by atoms with E-state index < -0.39 is 0 Å². The maximum absolute atomic E-state index is 7.00. The normalized spacial score (nSPS) is 8.94. The summed E-state index contributed by atoms with van der Waals surface area (Å²) in [7, 11) is 0. The lowest BCUT2D eigenvalue weighted by molar-refractivity contribution is 0.448. The van der Waals surface area contributed by atoms with Crippen molar-refractivity contribution in [3.05, 3.63) is 59.6 Å². The molecule has 2 aromatic carbocycles. The molecule has 16 heavy (non-hydrogen) atoms. The smallest absolute Gasteiger partial charge is 0.429 e. The van der Waals surface area contributed by atoms with Crippen LogP contribution in [0.25, 0.3) is 11.1 Å².